The number of carbonyl (C=O) groups is 2. The fourth-order valence-corrected chi connectivity index (χ4v) is 5.32. The van der Waals surface area contributed by atoms with Crippen molar-refractivity contribution >= 4 is 39.2 Å². The molecule has 2 N–H and O–H groups in total. The van der Waals surface area contributed by atoms with Crippen molar-refractivity contribution in [2.24, 2.45) is 0 Å². The predicted octanol–water partition coefficient (Wildman–Crippen LogP) is 0.639. The number of carboxylic acid groups (broad SMARTS) is 1. The molecule has 1 aliphatic rings. The number of aromatic carboxylic acids is 1. The minimum atomic E-state index is -2.93. The van der Waals surface area contributed by atoms with Gasteiger partial charge < -0.3 is 10.4 Å². The van der Waals surface area contributed by atoms with E-state index in [4.69, 9.17) is 5.11 Å². The summed E-state index contributed by atoms with van der Waals surface area (Å²) in [5.74, 6) is -0.937. The standard InChI is InChI=1S/C12H14N2O5S2/c15-11(6-20-9-3-4-21(18,19)7-9)14-8-1-2-10(12(16)17)13-5-8/h1-2,5,9H,3-4,6-7H2,(H,14,15)(H,16,17). The first-order valence-corrected chi connectivity index (χ1v) is 9.04. The Labute approximate surface area is 126 Å². The topological polar surface area (TPSA) is 113 Å². The number of rotatable bonds is 5. The van der Waals surface area contributed by atoms with Crippen molar-refractivity contribution in [3.63, 3.8) is 0 Å². The fourth-order valence-electron chi connectivity index (χ4n) is 1.88. The molecule has 0 radical (unpaired) electrons. The second-order valence-corrected chi connectivity index (χ2v) is 8.14. The van der Waals surface area contributed by atoms with Crippen molar-refractivity contribution in [1.29, 1.82) is 0 Å². The lowest BCUT2D eigenvalue weighted by Gasteiger charge is -2.08. The van der Waals surface area contributed by atoms with Gasteiger partial charge in [-0.3, -0.25) is 4.79 Å². The van der Waals surface area contributed by atoms with Gasteiger partial charge in [0.1, 0.15) is 5.69 Å². The van der Waals surface area contributed by atoms with Crippen LogP contribution in [0.3, 0.4) is 0 Å². The smallest absolute Gasteiger partial charge is 0.354 e. The highest BCUT2D eigenvalue weighted by atomic mass is 32.2. The van der Waals surface area contributed by atoms with Gasteiger partial charge in [0.15, 0.2) is 9.84 Å². The van der Waals surface area contributed by atoms with Gasteiger partial charge in [-0.25, -0.2) is 18.2 Å². The third-order valence-electron chi connectivity index (χ3n) is 2.91. The molecule has 1 aromatic heterocycles. The number of carboxylic acids is 1. The molecule has 0 aromatic carbocycles. The first kappa shape index (κ1) is 15.8. The van der Waals surface area contributed by atoms with Crippen molar-refractivity contribution in [2.75, 3.05) is 22.6 Å². The maximum atomic E-state index is 11.7. The summed E-state index contributed by atoms with van der Waals surface area (Å²) in [5.41, 5.74) is 0.308. The molecule has 0 spiro atoms. The minimum Gasteiger partial charge on any atom is -0.477 e. The monoisotopic (exact) mass is 330 g/mol. The molecule has 1 unspecified atom stereocenters. The highest BCUT2D eigenvalue weighted by Crippen LogP contribution is 2.24. The molecule has 2 heterocycles. The molecule has 0 aliphatic carbocycles. The van der Waals surface area contributed by atoms with Gasteiger partial charge in [0.05, 0.1) is 29.1 Å². The van der Waals surface area contributed by atoms with E-state index in [1.165, 1.54) is 30.1 Å². The zero-order chi connectivity index (χ0) is 15.5. The zero-order valence-corrected chi connectivity index (χ0v) is 12.6. The molecule has 1 aromatic rings. The SMILES string of the molecule is O=C(CSC1CCS(=O)(=O)C1)Nc1ccc(C(=O)O)nc1. The summed E-state index contributed by atoms with van der Waals surface area (Å²) >= 11 is 1.32. The van der Waals surface area contributed by atoms with Gasteiger partial charge in [-0.05, 0) is 18.6 Å². The Hall–Kier alpha value is -1.61. The van der Waals surface area contributed by atoms with Crippen LogP contribution in [0.1, 0.15) is 16.9 Å². The second kappa shape index (κ2) is 6.44. The Balaban J connectivity index is 1.81. The Morgan fingerprint density at radius 3 is 2.71 bits per heavy atom. The van der Waals surface area contributed by atoms with E-state index in [9.17, 15) is 18.0 Å². The summed E-state index contributed by atoms with van der Waals surface area (Å²) < 4.78 is 22.6. The lowest BCUT2D eigenvalue weighted by Crippen LogP contribution is -2.17. The first-order valence-electron chi connectivity index (χ1n) is 6.17. The number of carbonyl (C=O) groups excluding carboxylic acids is 1. The van der Waals surface area contributed by atoms with Crippen molar-refractivity contribution in [2.45, 2.75) is 11.7 Å². The van der Waals surface area contributed by atoms with Gasteiger partial charge >= 0.3 is 5.97 Å². The Kier molecular flexibility index (Phi) is 4.84. The molecule has 114 valence electrons. The number of sulfone groups is 1. The van der Waals surface area contributed by atoms with E-state index in [2.05, 4.69) is 10.3 Å². The lowest BCUT2D eigenvalue weighted by molar-refractivity contribution is -0.113. The van der Waals surface area contributed by atoms with Crippen LogP contribution in [0, 0.1) is 0 Å². The van der Waals surface area contributed by atoms with Gasteiger partial charge in [-0.15, -0.1) is 11.8 Å². The Morgan fingerprint density at radius 1 is 1.43 bits per heavy atom. The number of pyridine rings is 1. The van der Waals surface area contributed by atoms with Crippen LogP contribution in [-0.4, -0.2) is 52.9 Å². The van der Waals surface area contributed by atoms with Gasteiger partial charge in [0.25, 0.3) is 0 Å². The van der Waals surface area contributed by atoms with Crippen LogP contribution in [0.15, 0.2) is 18.3 Å². The molecular formula is C12H14N2O5S2. The maximum Gasteiger partial charge on any atom is 0.354 e. The normalized spacial score (nSPS) is 20.1. The van der Waals surface area contributed by atoms with E-state index < -0.39 is 15.8 Å². The maximum absolute atomic E-state index is 11.7. The molecule has 1 aliphatic heterocycles. The van der Waals surface area contributed by atoms with Crippen molar-refractivity contribution in [3.8, 4) is 0 Å². The van der Waals surface area contributed by atoms with Crippen LogP contribution >= 0.6 is 11.8 Å². The summed E-state index contributed by atoms with van der Waals surface area (Å²) in [4.78, 5) is 26.0. The molecule has 0 saturated carbocycles. The van der Waals surface area contributed by atoms with E-state index in [0.717, 1.165) is 0 Å². The van der Waals surface area contributed by atoms with Crippen molar-refractivity contribution in [3.05, 3.63) is 24.0 Å². The van der Waals surface area contributed by atoms with Crippen molar-refractivity contribution < 1.29 is 23.1 Å². The average Bonchev–Trinajstić information content (AvgIpc) is 2.77. The summed E-state index contributed by atoms with van der Waals surface area (Å²) in [6.45, 7) is 0. The number of amides is 1. The minimum absolute atomic E-state index is 0.0340. The van der Waals surface area contributed by atoms with Gasteiger partial charge in [0.2, 0.25) is 5.91 Å². The van der Waals surface area contributed by atoms with Crippen LogP contribution in [0.25, 0.3) is 0 Å². The van der Waals surface area contributed by atoms with E-state index in [0.29, 0.717) is 12.1 Å². The first-order chi connectivity index (χ1) is 9.85. The highest BCUT2D eigenvalue weighted by molar-refractivity contribution is 8.02. The van der Waals surface area contributed by atoms with Crippen LogP contribution in [-0.2, 0) is 14.6 Å². The summed E-state index contributed by atoms with van der Waals surface area (Å²) in [7, 11) is -2.93. The summed E-state index contributed by atoms with van der Waals surface area (Å²) in [5, 5.41) is 11.3. The second-order valence-electron chi connectivity index (χ2n) is 4.62. The molecule has 7 nitrogen and oxygen atoms in total. The van der Waals surface area contributed by atoms with Gasteiger partial charge in [-0.1, -0.05) is 0 Å². The lowest BCUT2D eigenvalue weighted by atomic mass is 10.3. The van der Waals surface area contributed by atoms with E-state index in [1.54, 1.807) is 0 Å². The molecule has 1 amide bonds. The Bertz CT molecular complexity index is 642. The largest absolute Gasteiger partial charge is 0.477 e. The predicted molar refractivity (Wildman–Crippen MR) is 79.3 cm³/mol. The number of aromatic nitrogens is 1. The number of thioether (sulfide) groups is 1. The highest BCUT2D eigenvalue weighted by Gasteiger charge is 2.28. The van der Waals surface area contributed by atoms with Crippen LogP contribution in [0.5, 0.6) is 0 Å². The summed E-state index contributed by atoms with van der Waals surface area (Å²) in [6, 6.07) is 2.76. The third-order valence-corrected chi connectivity index (χ3v) is 6.19. The third kappa shape index (κ3) is 4.71. The fraction of sp³-hybridized carbons (Fsp3) is 0.417. The van der Waals surface area contributed by atoms with Crippen molar-refractivity contribution in [1.82, 2.24) is 4.98 Å². The van der Waals surface area contributed by atoms with E-state index in [1.807, 2.05) is 0 Å². The zero-order valence-electron chi connectivity index (χ0n) is 11.0. The Morgan fingerprint density at radius 2 is 2.19 bits per heavy atom. The number of nitrogens with one attached hydrogen (secondary N) is 1. The summed E-state index contributed by atoms with van der Waals surface area (Å²) in [6.07, 6.45) is 1.85. The molecule has 1 saturated heterocycles. The number of hydrogen-bond donors (Lipinski definition) is 2. The van der Waals surface area contributed by atoms with E-state index in [-0.39, 0.29) is 34.1 Å². The average molecular weight is 330 g/mol. The molecule has 2 rings (SSSR count). The number of nitrogens with zero attached hydrogens (tertiary/aromatic N) is 1. The van der Waals surface area contributed by atoms with Crippen LogP contribution in [0.2, 0.25) is 0 Å². The van der Waals surface area contributed by atoms with Crippen LogP contribution in [0.4, 0.5) is 5.69 Å². The van der Waals surface area contributed by atoms with Gasteiger partial charge in [-0.2, -0.15) is 0 Å². The molecular weight excluding hydrogens is 316 g/mol. The molecule has 21 heavy (non-hydrogen) atoms. The van der Waals surface area contributed by atoms with Crippen LogP contribution < -0.4 is 5.32 Å². The molecule has 1 atom stereocenters. The quantitative estimate of drug-likeness (QED) is 0.814. The molecule has 0 bridgehead atoms. The van der Waals surface area contributed by atoms with Gasteiger partial charge in [0, 0.05) is 5.25 Å². The number of anilines is 1. The van der Waals surface area contributed by atoms with E-state index >= 15 is 0 Å². The molecule has 1 fully saturated rings. The number of hydrogen-bond acceptors (Lipinski definition) is 6. The molecule has 9 heteroatoms.